The maximum Gasteiger partial charge on any atom is 0.410 e. The normalized spacial score (nSPS) is 32.0. The van der Waals surface area contributed by atoms with Crippen LogP contribution in [0.5, 0.6) is 0 Å². The average Bonchev–Trinajstić information content (AvgIpc) is 2.89. The van der Waals surface area contributed by atoms with Crippen molar-refractivity contribution in [2.75, 3.05) is 27.2 Å². The van der Waals surface area contributed by atoms with Gasteiger partial charge in [0.05, 0.1) is 12.1 Å². The van der Waals surface area contributed by atoms with Gasteiger partial charge in [0.2, 0.25) is 5.91 Å². The van der Waals surface area contributed by atoms with Gasteiger partial charge < -0.3 is 19.7 Å². The van der Waals surface area contributed by atoms with E-state index in [1.165, 1.54) is 0 Å². The number of nitrogens with one attached hydrogen (secondary N) is 1. The molecule has 2 rings (SSSR count). The SMILES string of the molecule is CNC(=O)C1CC2CN(C(=O)OC(C)(C)C)CC2(OC)C1. The van der Waals surface area contributed by atoms with Gasteiger partial charge in [-0.15, -0.1) is 0 Å². The van der Waals surface area contributed by atoms with Crippen LogP contribution in [0.3, 0.4) is 0 Å². The zero-order valence-corrected chi connectivity index (χ0v) is 13.6. The number of hydrogen-bond acceptors (Lipinski definition) is 4. The van der Waals surface area contributed by atoms with Gasteiger partial charge in [-0.25, -0.2) is 4.79 Å². The van der Waals surface area contributed by atoms with Crippen molar-refractivity contribution in [3.63, 3.8) is 0 Å². The summed E-state index contributed by atoms with van der Waals surface area (Å²) in [7, 11) is 3.32. The average molecular weight is 298 g/mol. The Bertz CT molecular complexity index is 432. The number of hydrogen-bond donors (Lipinski definition) is 1. The minimum atomic E-state index is -0.500. The molecule has 0 aromatic rings. The molecular weight excluding hydrogens is 272 g/mol. The van der Waals surface area contributed by atoms with Crippen molar-refractivity contribution >= 4 is 12.0 Å². The van der Waals surface area contributed by atoms with Crippen molar-refractivity contribution in [3.8, 4) is 0 Å². The number of ether oxygens (including phenoxy) is 2. The Morgan fingerprint density at radius 2 is 2.00 bits per heavy atom. The molecule has 2 fully saturated rings. The summed E-state index contributed by atoms with van der Waals surface area (Å²) in [6.45, 7) is 6.66. The van der Waals surface area contributed by atoms with Gasteiger partial charge in [-0.2, -0.15) is 0 Å². The number of nitrogens with zero attached hydrogens (tertiary/aromatic N) is 1. The molecule has 1 saturated heterocycles. The number of methoxy groups -OCH3 is 1. The first-order valence-corrected chi connectivity index (χ1v) is 7.45. The predicted molar refractivity (Wildman–Crippen MR) is 77.8 cm³/mol. The number of likely N-dealkylation sites (tertiary alicyclic amines) is 1. The Morgan fingerprint density at radius 1 is 1.33 bits per heavy atom. The van der Waals surface area contributed by atoms with Crippen LogP contribution in [-0.2, 0) is 14.3 Å². The minimum absolute atomic E-state index is 0.0271. The van der Waals surface area contributed by atoms with Crippen molar-refractivity contribution in [3.05, 3.63) is 0 Å². The second-order valence-electron chi connectivity index (χ2n) is 7.08. The molecule has 6 heteroatoms. The van der Waals surface area contributed by atoms with Gasteiger partial charge in [-0.3, -0.25) is 4.79 Å². The molecule has 1 heterocycles. The first-order valence-electron chi connectivity index (χ1n) is 7.45. The summed E-state index contributed by atoms with van der Waals surface area (Å²) in [4.78, 5) is 25.7. The third-order valence-corrected chi connectivity index (χ3v) is 4.48. The highest BCUT2D eigenvalue weighted by molar-refractivity contribution is 5.79. The van der Waals surface area contributed by atoms with Gasteiger partial charge in [-0.05, 0) is 33.6 Å². The quantitative estimate of drug-likeness (QED) is 0.836. The smallest absolute Gasteiger partial charge is 0.410 e. The minimum Gasteiger partial charge on any atom is -0.444 e. The van der Waals surface area contributed by atoms with Crippen LogP contribution in [0.25, 0.3) is 0 Å². The van der Waals surface area contributed by atoms with Gasteiger partial charge in [0, 0.05) is 32.5 Å². The molecule has 3 unspecified atom stereocenters. The fourth-order valence-corrected chi connectivity index (χ4v) is 3.50. The first kappa shape index (κ1) is 16.1. The molecule has 3 atom stereocenters. The van der Waals surface area contributed by atoms with Crippen LogP contribution >= 0.6 is 0 Å². The van der Waals surface area contributed by atoms with E-state index in [4.69, 9.17) is 9.47 Å². The molecule has 0 aromatic carbocycles. The molecule has 2 amide bonds. The molecule has 1 saturated carbocycles. The lowest BCUT2D eigenvalue weighted by Gasteiger charge is -2.28. The lowest BCUT2D eigenvalue weighted by atomic mass is 9.95. The van der Waals surface area contributed by atoms with E-state index in [2.05, 4.69) is 5.32 Å². The van der Waals surface area contributed by atoms with Crippen molar-refractivity contribution in [1.29, 1.82) is 0 Å². The van der Waals surface area contributed by atoms with Gasteiger partial charge >= 0.3 is 6.09 Å². The standard InChI is InChI=1S/C15H26N2O4/c1-14(2,3)21-13(19)17-8-11-6-10(12(18)16-4)7-15(11,9-17)20-5/h10-11H,6-9H2,1-5H3,(H,16,18). The summed E-state index contributed by atoms with van der Waals surface area (Å²) in [5, 5.41) is 2.70. The highest BCUT2D eigenvalue weighted by atomic mass is 16.6. The predicted octanol–water partition coefficient (Wildman–Crippen LogP) is 1.39. The molecule has 1 aliphatic carbocycles. The van der Waals surface area contributed by atoms with Crippen LogP contribution < -0.4 is 5.32 Å². The van der Waals surface area contributed by atoms with Crippen molar-refractivity contribution < 1.29 is 19.1 Å². The summed E-state index contributed by atoms with van der Waals surface area (Å²) >= 11 is 0. The highest BCUT2D eigenvalue weighted by Crippen LogP contribution is 2.47. The number of amides is 2. The zero-order chi connectivity index (χ0) is 15.8. The summed E-state index contributed by atoms with van der Waals surface area (Å²) in [6, 6.07) is 0. The maximum absolute atomic E-state index is 12.2. The van der Waals surface area contributed by atoms with E-state index in [0.29, 0.717) is 19.5 Å². The molecule has 0 aromatic heterocycles. The molecule has 0 radical (unpaired) electrons. The Kier molecular flexibility index (Phi) is 4.19. The van der Waals surface area contributed by atoms with Crippen LogP contribution in [0.2, 0.25) is 0 Å². The van der Waals surface area contributed by atoms with Crippen LogP contribution in [0.4, 0.5) is 4.79 Å². The second kappa shape index (κ2) is 5.48. The van der Waals surface area contributed by atoms with Gasteiger partial charge in [0.15, 0.2) is 0 Å². The fraction of sp³-hybridized carbons (Fsp3) is 0.867. The van der Waals surface area contributed by atoms with Crippen molar-refractivity contribution in [2.24, 2.45) is 11.8 Å². The van der Waals surface area contributed by atoms with Crippen molar-refractivity contribution in [1.82, 2.24) is 10.2 Å². The molecule has 1 aliphatic heterocycles. The highest BCUT2D eigenvalue weighted by Gasteiger charge is 2.56. The summed E-state index contributed by atoms with van der Waals surface area (Å²) < 4.78 is 11.2. The van der Waals surface area contributed by atoms with E-state index in [-0.39, 0.29) is 23.8 Å². The lowest BCUT2D eigenvalue weighted by molar-refractivity contribution is -0.125. The molecular formula is C15H26N2O4. The fourth-order valence-electron chi connectivity index (χ4n) is 3.50. The van der Waals surface area contributed by atoms with Crippen LogP contribution in [0.1, 0.15) is 33.6 Å². The van der Waals surface area contributed by atoms with E-state index < -0.39 is 11.2 Å². The topological polar surface area (TPSA) is 67.9 Å². The molecule has 6 nitrogen and oxygen atoms in total. The molecule has 0 spiro atoms. The van der Waals surface area contributed by atoms with E-state index in [9.17, 15) is 9.59 Å². The Hall–Kier alpha value is -1.30. The van der Waals surface area contributed by atoms with E-state index in [1.807, 2.05) is 20.8 Å². The summed E-state index contributed by atoms with van der Waals surface area (Å²) in [5.74, 6) is 0.225. The molecule has 120 valence electrons. The molecule has 2 aliphatic rings. The van der Waals surface area contributed by atoms with Gasteiger partial charge in [0.25, 0.3) is 0 Å². The Balaban J connectivity index is 2.04. The molecule has 0 bridgehead atoms. The van der Waals surface area contributed by atoms with Crippen LogP contribution in [0.15, 0.2) is 0 Å². The Morgan fingerprint density at radius 3 is 2.48 bits per heavy atom. The van der Waals surface area contributed by atoms with Gasteiger partial charge in [-0.1, -0.05) is 0 Å². The molecule has 21 heavy (non-hydrogen) atoms. The largest absolute Gasteiger partial charge is 0.444 e. The number of carbonyl (C=O) groups excluding carboxylic acids is 2. The summed E-state index contributed by atoms with van der Waals surface area (Å²) in [5.41, 5.74) is -0.909. The Labute approximate surface area is 126 Å². The van der Waals surface area contributed by atoms with Gasteiger partial charge in [0.1, 0.15) is 5.60 Å². The van der Waals surface area contributed by atoms with Crippen LogP contribution in [0, 0.1) is 11.8 Å². The summed E-state index contributed by atoms with van der Waals surface area (Å²) in [6.07, 6.45) is 1.12. The van der Waals surface area contributed by atoms with Crippen LogP contribution in [-0.4, -0.2) is 55.3 Å². The first-order chi connectivity index (χ1) is 9.70. The maximum atomic E-state index is 12.2. The molecule has 1 N–H and O–H groups in total. The number of rotatable bonds is 2. The second-order valence-corrected chi connectivity index (χ2v) is 7.08. The third-order valence-electron chi connectivity index (χ3n) is 4.48. The van der Waals surface area contributed by atoms with E-state index in [1.54, 1.807) is 19.1 Å². The van der Waals surface area contributed by atoms with E-state index in [0.717, 1.165) is 6.42 Å². The van der Waals surface area contributed by atoms with Crippen molar-refractivity contribution in [2.45, 2.75) is 44.8 Å². The lowest BCUT2D eigenvalue weighted by Crippen LogP contribution is -2.41. The monoisotopic (exact) mass is 298 g/mol. The number of carbonyl (C=O) groups is 2. The third kappa shape index (κ3) is 3.15. The zero-order valence-electron chi connectivity index (χ0n) is 13.6. The number of fused-ring (bicyclic) bond motifs is 1. The van der Waals surface area contributed by atoms with E-state index >= 15 is 0 Å².